The molecule has 1 heterocycles. The smallest absolute Gasteiger partial charge is 0.235 e. The van der Waals surface area contributed by atoms with Crippen LogP contribution in [-0.4, -0.2) is 25.8 Å². The van der Waals surface area contributed by atoms with Crippen LogP contribution in [0.1, 0.15) is 25.7 Å². The van der Waals surface area contributed by atoms with Crippen LogP contribution in [0.2, 0.25) is 0 Å². The summed E-state index contributed by atoms with van der Waals surface area (Å²) in [5, 5.41) is -0.260. The SMILES string of the molecule is COc1ccc(NS(=O)(=O)C2CCCC2)cn1. The zero-order valence-electron chi connectivity index (χ0n) is 9.72. The number of ether oxygens (including phenoxy) is 1. The van der Waals surface area contributed by atoms with Gasteiger partial charge in [0.2, 0.25) is 15.9 Å². The van der Waals surface area contributed by atoms with Crippen molar-refractivity contribution in [2.24, 2.45) is 0 Å². The molecular formula is C11H16N2O3S. The van der Waals surface area contributed by atoms with E-state index in [2.05, 4.69) is 9.71 Å². The van der Waals surface area contributed by atoms with E-state index < -0.39 is 10.0 Å². The van der Waals surface area contributed by atoms with Crippen molar-refractivity contribution in [1.29, 1.82) is 0 Å². The molecule has 0 atom stereocenters. The Labute approximate surface area is 101 Å². The van der Waals surface area contributed by atoms with E-state index in [0.29, 0.717) is 11.6 Å². The third-order valence-corrected chi connectivity index (χ3v) is 4.82. The van der Waals surface area contributed by atoms with Crippen LogP contribution >= 0.6 is 0 Å². The number of nitrogens with zero attached hydrogens (tertiary/aromatic N) is 1. The van der Waals surface area contributed by atoms with E-state index in [1.807, 2.05) is 0 Å². The quantitative estimate of drug-likeness (QED) is 0.891. The van der Waals surface area contributed by atoms with E-state index in [-0.39, 0.29) is 5.25 Å². The fourth-order valence-electron chi connectivity index (χ4n) is 2.01. The summed E-state index contributed by atoms with van der Waals surface area (Å²) in [6.07, 6.45) is 4.95. The minimum Gasteiger partial charge on any atom is -0.481 e. The lowest BCUT2D eigenvalue weighted by atomic mass is 10.4. The maximum atomic E-state index is 12.0. The summed E-state index contributed by atoms with van der Waals surface area (Å²) in [6, 6.07) is 3.28. The number of methoxy groups -OCH3 is 1. The normalized spacial score (nSPS) is 17.0. The topological polar surface area (TPSA) is 68.3 Å². The number of pyridine rings is 1. The van der Waals surface area contributed by atoms with Crippen molar-refractivity contribution in [3.05, 3.63) is 18.3 Å². The molecule has 6 heteroatoms. The Bertz CT molecular complexity index is 464. The molecule has 0 aromatic carbocycles. The van der Waals surface area contributed by atoms with Crippen LogP contribution in [0, 0.1) is 0 Å². The molecule has 1 N–H and O–H groups in total. The molecule has 1 aromatic rings. The van der Waals surface area contributed by atoms with E-state index >= 15 is 0 Å². The van der Waals surface area contributed by atoms with Gasteiger partial charge in [-0.15, -0.1) is 0 Å². The first-order valence-corrected chi connectivity index (χ1v) is 7.18. The number of sulfonamides is 1. The van der Waals surface area contributed by atoms with Crippen molar-refractivity contribution in [1.82, 2.24) is 4.98 Å². The molecule has 17 heavy (non-hydrogen) atoms. The molecule has 0 spiro atoms. The van der Waals surface area contributed by atoms with E-state index in [1.54, 1.807) is 12.1 Å². The summed E-state index contributed by atoms with van der Waals surface area (Å²) >= 11 is 0. The summed E-state index contributed by atoms with van der Waals surface area (Å²) in [5.41, 5.74) is 0.484. The first kappa shape index (κ1) is 12.2. The zero-order valence-corrected chi connectivity index (χ0v) is 10.5. The molecule has 5 nitrogen and oxygen atoms in total. The van der Waals surface area contributed by atoms with Crippen LogP contribution in [0.5, 0.6) is 5.88 Å². The lowest BCUT2D eigenvalue weighted by Gasteiger charge is -2.13. The van der Waals surface area contributed by atoms with E-state index in [4.69, 9.17) is 4.74 Å². The Balaban J connectivity index is 2.08. The van der Waals surface area contributed by atoms with Gasteiger partial charge in [0.25, 0.3) is 0 Å². The molecular weight excluding hydrogens is 240 g/mol. The van der Waals surface area contributed by atoms with E-state index in [0.717, 1.165) is 25.7 Å². The Kier molecular flexibility index (Phi) is 3.51. The van der Waals surface area contributed by atoms with E-state index in [9.17, 15) is 8.42 Å². The van der Waals surface area contributed by atoms with Gasteiger partial charge in [0.1, 0.15) is 0 Å². The molecule has 1 saturated carbocycles. The van der Waals surface area contributed by atoms with Crippen LogP contribution < -0.4 is 9.46 Å². The molecule has 0 radical (unpaired) electrons. The highest BCUT2D eigenvalue weighted by atomic mass is 32.2. The Morgan fingerprint density at radius 2 is 2.06 bits per heavy atom. The maximum Gasteiger partial charge on any atom is 0.235 e. The third kappa shape index (κ3) is 2.88. The van der Waals surface area contributed by atoms with Crippen molar-refractivity contribution in [2.45, 2.75) is 30.9 Å². The summed E-state index contributed by atoms with van der Waals surface area (Å²) in [7, 11) is -1.74. The van der Waals surface area contributed by atoms with Gasteiger partial charge in [-0.25, -0.2) is 13.4 Å². The first-order chi connectivity index (χ1) is 8.12. The molecule has 0 aliphatic heterocycles. The predicted molar refractivity (Wildman–Crippen MR) is 65.6 cm³/mol. The van der Waals surface area contributed by atoms with Gasteiger partial charge in [-0.05, 0) is 18.9 Å². The van der Waals surface area contributed by atoms with E-state index in [1.165, 1.54) is 13.3 Å². The molecule has 0 bridgehead atoms. The second kappa shape index (κ2) is 4.91. The van der Waals surface area contributed by atoms with Gasteiger partial charge in [0, 0.05) is 6.07 Å². The molecule has 1 aliphatic rings. The van der Waals surface area contributed by atoms with Gasteiger partial charge in [-0.2, -0.15) is 0 Å². The Morgan fingerprint density at radius 1 is 1.35 bits per heavy atom. The fourth-order valence-corrected chi connectivity index (χ4v) is 3.58. The Hall–Kier alpha value is -1.30. The Morgan fingerprint density at radius 3 is 2.59 bits per heavy atom. The summed E-state index contributed by atoms with van der Waals surface area (Å²) in [5.74, 6) is 0.466. The van der Waals surface area contributed by atoms with Crippen molar-refractivity contribution in [3.8, 4) is 5.88 Å². The largest absolute Gasteiger partial charge is 0.481 e. The highest BCUT2D eigenvalue weighted by Gasteiger charge is 2.28. The second-order valence-corrected chi connectivity index (χ2v) is 6.10. The van der Waals surface area contributed by atoms with Crippen molar-refractivity contribution >= 4 is 15.7 Å². The molecule has 1 fully saturated rings. The van der Waals surface area contributed by atoms with Crippen molar-refractivity contribution < 1.29 is 13.2 Å². The van der Waals surface area contributed by atoms with Gasteiger partial charge < -0.3 is 4.74 Å². The van der Waals surface area contributed by atoms with Gasteiger partial charge in [0.15, 0.2) is 0 Å². The van der Waals surface area contributed by atoms with Crippen LogP contribution in [-0.2, 0) is 10.0 Å². The van der Waals surface area contributed by atoms with Crippen molar-refractivity contribution in [2.75, 3.05) is 11.8 Å². The fraction of sp³-hybridized carbons (Fsp3) is 0.545. The lowest BCUT2D eigenvalue weighted by Crippen LogP contribution is -2.25. The number of hydrogen-bond donors (Lipinski definition) is 1. The predicted octanol–water partition coefficient (Wildman–Crippen LogP) is 1.77. The number of rotatable bonds is 4. The van der Waals surface area contributed by atoms with Crippen molar-refractivity contribution in [3.63, 3.8) is 0 Å². The average Bonchev–Trinajstić information content (AvgIpc) is 2.84. The minimum absolute atomic E-state index is 0.260. The minimum atomic E-state index is -3.26. The van der Waals surface area contributed by atoms with Gasteiger partial charge >= 0.3 is 0 Å². The standard InChI is InChI=1S/C11H16N2O3S/c1-16-11-7-6-9(8-12-11)13-17(14,15)10-4-2-3-5-10/h6-8,10,13H,2-5H2,1H3. The molecule has 0 amide bonds. The van der Waals surface area contributed by atoms with Gasteiger partial charge in [0.05, 0.1) is 24.2 Å². The molecule has 94 valence electrons. The number of anilines is 1. The zero-order chi connectivity index (χ0) is 12.3. The average molecular weight is 256 g/mol. The van der Waals surface area contributed by atoms with Gasteiger partial charge in [-0.1, -0.05) is 12.8 Å². The highest BCUT2D eigenvalue weighted by molar-refractivity contribution is 7.93. The first-order valence-electron chi connectivity index (χ1n) is 5.63. The summed E-state index contributed by atoms with van der Waals surface area (Å²) in [6.45, 7) is 0. The van der Waals surface area contributed by atoms with Crippen LogP contribution in [0.25, 0.3) is 0 Å². The number of hydrogen-bond acceptors (Lipinski definition) is 4. The van der Waals surface area contributed by atoms with Crippen LogP contribution in [0.15, 0.2) is 18.3 Å². The van der Waals surface area contributed by atoms with Gasteiger partial charge in [-0.3, -0.25) is 4.72 Å². The third-order valence-electron chi connectivity index (χ3n) is 2.95. The molecule has 1 aliphatic carbocycles. The molecule has 2 rings (SSSR count). The van der Waals surface area contributed by atoms with Crippen LogP contribution in [0.3, 0.4) is 0 Å². The molecule has 0 saturated heterocycles. The highest BCUT2D eigenvalue weighted by Crippen LogP contribution is 2.26. The maximum absolute atomic E-state index is 12.0. The number of nitrogens with one attached hydrogen (secondary N) is 1. The molecule has 0 unspecified atom stereocenters. The van der Waals surface area contributed by atoms with Crippen LogP contribution in [0.4, 0.5) is 5.69 Å². The molecule has 1 aromatic heterocycles. The number of aromatic nitrogens is 1. The summed E-state index contributed by atoms with van der Waals surface area (Å²) in [4.78, 5) is 3.96. The monoisotopic (exact) mass is 256 g/mol. The summed E-state index contributed by atoms with van der Waals surface area (Å²) < 4.78 is 31.4. The lowest BCUT2D eigenvalue weighted by molar-refractivity contribution is 0.398. The second-order valence-electron chi connectivity index (χ2n) is 4.14.